The fraction of sp³-hybridized carbons (Fsp3) is 0.0182. The van der Waals surface area contributed by atoms with Crippen LogP contribution in [0.5, 0.6) is 0 Å². The molecule has 0 fully saturated rings. The van der Waals surface area contributed by atoms with Crippen LogP contribution in [-0.4, -0.2) is 4.57 Å². The number of fused-ring (bicyclic) bond motifs is 13. The zero-order chi connectivity index (χ0) is 37.5. The summed E-state index contributed by atoms with van der Waals surface area (Å²) in [6, 6.07) is 80.5. The van der Waals surface area contributed by atoms with Crippen LogP contribution in [0.4, 0.5) is 17.1 Å². The molecule has 2 nitrogen and oxygen atoms in total. The summed E-state index contributed by atoms with van der Waals surface area (Å²) >= 11 is 0. The third-order valence-electron chi connectivity index (χ3n) is 12.4. The molecule has 12 rings (SSSR count). The van der Waals surface area contributed by atoms with Crippen molar-refractivity contribution in [2.45, 2.75) is 5.41 Å². The van der Waals surface area contributed by atoms with E-state index in [0.717, 1.165) is 17.1 Å². The Labute approximate surface area is 332 Å². The highest BCUT2D eigenvalue weighted by molar-refractivity contribution is 6.10. The largest absolute Gasteiger partial charge is 0.310 e. The molecular weight excluding hydrogens is 689 g/mol. The average Bonchev–Trinajstić information content (AvgIpc) is 3.89. The Morgan fingerprint density at radius 3 is 1.49 bits per heavy atom. The van der Waals surface area contributed by atoms with Crippen LogP contribution in [0.25, 0.3) is 60.9 Å². The molecule has 266 valence electrons. The molecule has 0 amide bonds. The predicted molar refractivity (Wildman–Crippen MR) is 237 cm³/mol. The average molecular weight is 725 g/mol. The molecule has 1 spiro atoms. The van der Waals surface area contributed by atoms with Crippen molar-refractivity contribution in [1.82, 2.24) is 4.57 Å². The number of aromatic nitrogens is 1. The van der Waals surface area contributed by atoms with Gasteiger partial charge in [0.05, 0.1) is 16.4 Å². The van der Waals surface area contributed by atoms with E-state index in [1.807, 2.05) is 0 Å². The summed E-state index contributed by atoms with van der Waals surface area (Å²) in [4.78, 5) is 2.39. The van der Waals surface area contributed by atoms with Crippen molar-refractivity contribution in [3.05, 3.63) is 241 Å². The van der Waals surface area contributed by atoms with Gasteiger partial charge in [0.25, 0.3) is 0 Å². The highest BCUT2D eigenvalue weighted by atomic mass is 15.1. The zero-order valence-electron chi connectivity index (χ0n) is 31.2. The van der Waals surface area contributed by atoms with Crippen molar-refractivity contribution in [2.75, 3.05) is 4.90 Å². The van der Waals surface area contributed by atoms with Gasteiger partial charge in [0.15, 0.2) is 0 Å². The number of para-hydroxylation sites is 4. The summed E-state index contributed by atoms with van der Waals surface area (Å²) in [5, 5.41) is 2.52. The molecule has 1 heterocycles. The summed E-state index contributed by atoms with van der Waals surface area (Å²) in [6.45, 7) is 0. The van der Waals surface area contributed by atoms with E-state index in [-0.39, 0.29) is 0 Å². The third kappa shape index (κ3) is 4.53. The van der Waals surface area contributed by atoms with Crippen molar-refractivity contribution < 1.29 is 0 Å². The molecule has 1 aromatic heterocycles. The molecule has 0 unspecified atom stereocenters. The highest BCUT2D eigenvalue weighted by Gasteiger charge is 2.52. The van der Waals surface area contributed by atoms with Gasteiger partial charge >= 0.3 is 0 Å². The van der Waals surface area contributed by atoms with Gasteiger partial charge in [-0.3, -0.25) is 0 Å². The first-order chi connectivity index (χ1) is 28.3. The van der Waals surface area contributed by atoms with Crippen LogP contribution < -0.4 is 4.90 Å². The normalized spacial score (nSPS) is 13.1. The van der Waals surface area contributed by atoms with Gasteiger partial charge in [0.1, 0.15) is 0 Å². The van der Waals surface area contributed by atoms with Gasteiger partial charge in [-0.2, -0.15) is 0 Å². The van der Waals surface area contributed by atoms with Crippen LogP contribution in [0.2, 0.25) is 0 Å². The maximum atomic E-state index is 2.50. The van der Waals surface area contributed by atoms with Crippen LogP contribution in [-0.2, 0) is 5.41 Å². The van der Waals surface area contributed by atoms with E-state index < -0.39 is 5.41 Å². The smallest absolute Gasteiger partial charge is 0.0726 e. The van der Waals surface area contributed by atoms with E-state index >= 15 is 0 Å². The lowest BCUT2D eigenvalue weighted by Crippen LogP contribution is -2.26. The van der Waals surface area contributed by atoms with E-state index in [2.05, 4.69) is 228 Å². The Balaban J connectivity index is 1.10. The summed E-state index contributed by atoms with van der Waals surface area (Å²) < 4.78 is 2.39. The number of hydrogen-bond donors (Lipinski definition) is 0. The molecule has 9 aromatic carbocycles. The van der Waals surface area contributed by atoms with Crippen molar-refractivity contribution in [3.63, 3.8) is 0 Å². The summed E-state index contributed by atoms with van der Waals surface area (Å²) in [7, 11) is 0. The van der Waals surface area contributed by atoms with Gasteiger partial charge < -0.3 is 9.47 Å². The molecule has 2 heteroatoms. The monoisotopic (exact) mass is 724 g/mol. The zero-order valence-corrected chi connectivity index (χ0v) is 31.2. The minimum atomic E-state index is -0.490. The van der Waals surface area contributed by atoms with Crippen LogP contribution >= 0.6 is 0 Å². The van der Waals surface area contributed by atoms with E-state index in [1.54, 1.807) is 0 Å². The summed E-state index contributed by atoms with van der Waals surface area (Å²) in [5.74, 6) is 0. The van der Waals surface area contributed by atoms with E-state index in [1.165, 1.54) is 83.1 Å². The van der Waals surface area contributed by atoms with Gasteiger partial charge in [-0.25, -0.2) is 0 Å². The molecule has 0 saturated heterocycles. The Bertz CT molecular complexity index is 3090. The van der Waals surface area contributed by atoms with Crippen molar-refractivity contribution >= 4 is 38.9 Å². The Hall–Kier alpha value is -7.42. The maximum absolute atomic E-state index is 2.50. The molecule has 0 bridgehead atoms. The SMILES string of the molecule is c1ccc(N(c2ccccc2)c2ccc3c(c2)C2(c4ccccc4-c4ccccc42)c2cc(-c4ccc5c(c4)c4ccccc4n5-c4ccccc4)ccc2-3)cc1. The maximum Gasteiger partial charge on any atom is 0.0726 e. The fourth-order valence-electron chi connectivity index (χ4n) is 10.1. The fourth-order valence-corrected chi connectivity index (χ4v) is 10.1. The number of benzene rings is 9. The van der Waals surface area contributed by atoms with Crippen molar-refractivity contribution in [3.8, 4) is 39.1 Å². The number of rotatable bonds is 5. The molecule has 0 radical (unpaired) electrons. The number of anilines is 3. The second kappa shape index (κ2) is 12.3. The number of hydrogen-bond acceptors (Lipinski definition) is 1. The molecule has 57 heavy (non-hydrogen) atoms. The molecule has 10 aromatic rings. The third-order valence-corrected chi connectivity index (χ3v) is 12.4. The van der Waals surface area contributed by atoms with E-state index in [4.69, 9.17) is 0 Å². The second-order valence-electron chi connectivity index (χ2n) is 15.3. The first-order valence-corrected chi connectivity index (χ1v) is 19.8. The van der Waals surface area contributed by atoms with Gasteiger partial charge in [-0.15, -0.1) is 0 Å². The van der Waals surface area contributed by atoms with Crippen molar-refractivity contribution in [1.29, 1.82) is 0 Å². The Morgan fingerprint density at radius 1 is 0.316 bits per heavy atom. The topological polar surface area (TPSA) is 8.17 Å². The second-order valence-corrected chi connectivity index (χ2v) is 15.3. The molecule has 0 aliphatic heterocycles. The molecule has 0 saturated carbocycles. The lowest BCUT2D eigenvalue weighted by atomic mass is 9.70. The van der Waals surface area contributed by atoms with Gasteiger partial charge in [-0.1, -0.05) is 146 Å². The lowest BCUT2D eigenvalue weighted by Gasteiger charge is -2.32. The molecule has 0 N–H and O–H groups in total. The Morgan fingerprint density at radius 2 is 0.807 bits per heavy atom. The standard InChI is InChI=1S/C55H36N2/c1-4-16-39(17-5-1)56(40-18-6-2-7-19-40)42-30-32-46-45-31-28-38(35-51(45)55(52(46)36-42)49-25-13-10-22-43(49)44-23-11-14-26-50(44)55)37-29-33-54-48(34-37)47-24-12-15-27-53(47)57(54)41-20-8-3-9-21-41/h1-36H. The molecule has 2 aliphatic rings. The van der Waals surface area contributed by atoms with Gasteiger partial charge in [0, 0.05) is 33.5 Å². The van der Waals surface area contributed by atoms with E-state index in [0.29, 0.717) is 0 Å². The van der Waals surface area contributed by atoms with Crippen LogP contribution in [0, 0.1) is 0 Å². The van der Waals surface area contributed by atoms with Crippen molar-refractivity contribution in [2.24, 2.45) is 0 Å². The van der Waals surface area contributed by atoms with Gasteiger partial charge in [-0.05, 0) is 128 Å². The first kappa shape index (κ1) is 31.9. The Kier molecular flexibility index (Phi) is 6.88. The predicted octanol–water partition coefficient (Wildman–Crippen LogP) is 14.3. The first-order valence-electron chi connectivity index (χ1n) is 19.8. The number of nitrogens with zero attached hydrogens (tertiary/aromatic N) is 2. The van der Waals surface area contributed by atoms with Crippen LogP contribution in [0.15, 0.2) is 218 Å². The minimum Gasteiger partial charge on any atom is -0.310 e. The molecule has 0 atom stereocenters. The van der Waals surface area contributed by atoms with Gasteiger partial charge in [0.2, 0.25) is 0 Å². The van der Waals surface area contributed by atoms with Crippen LogP contribution in [0.1, 0.15) is 22.3 Å². The van der Waals surface area contributed by atoms with E-state index in [9.17, 15) is 0 Å². The quantitative estimate of drug-likeness (QED) is 0.172. The minimum absolute atomic E-state index is 0.490. The van der Waals surface area contributed by atoms with Crippen LogP contribution in [0.3, 0.4) is 0 Å². The summed E-state index contributed by atoms with van der Waals surface area (Å²) in [5.41, 5.74) is 19.5. The summed E-state index contributed by atoms with van der Waals surface area (Å²) in [6.07, 6.45) is 0. The highest BCUT2D eigenvalue weighted by Crippen LogP contribution is 2.63. The molecule has 2 aliphatic carbocycles. The molecular formula is C55H36N2. The lowest BCUT2D eigenvalue weighted by molar-refractivity contribution is 0.794.